The van der Waals surface area contributed by atoms with E-state index in [0.717, 1.165) is 24.2 Å². The van der Waals surface area contributed by atoms with Gasteiger partial charge in [0, 0.05) is 49.0 Å². The van der Waals surface area contributed by atoms with Gasteiger partial charge in [0.2, 0.25) is 6.41 Å². The lowest BCUT2D eigenvalue weighted by molar-refractivity contribution is -0.138. The van der Waals surface area contributed by atoms with Gasteiger partial charge in [-0.25, -0.2) is 5.48 Å². The second-order valence-corrected chi connectivity index (χ2v) is 10.1. The standard InChI is InChI=1S/C24H31N3O2.C5H10O2.CH3NO2/c1-24(2,25-3)18-27-23(28)22-13-11-20(12-14-22)6-5-19-7-9-21(10-8-19)17-26-15-16-29-4;1-5(2,3)7-4-6;3-1-2-4/h7-14,25-26H,15-18H2,1-4H3,(H,27,28);4H,1-3H3;1,4H,(H,2,3). The third kappa shape index (κ3) is 18.5. The predicted octanol–water partition coefficient (Wildman–Crippen LogP) is 2.63. The first kappa shape index (κ1) is 36.2. The van der Waals surface area contributed by atoms with Gasteiger partial charge in [0.05, 0.1) is 6.61 Å². The predicted molar refractivity (Wildman–Crippen MR) is 156 cm³/mol. The molecule has 0 saturated carbocycles. The van der Waals surface area contributed by atoms with Crippen molar-refractivity contribution in [3.05, 3.63) is 70.8 Å². The Morgan fingerprint density at radius 3 is 1.88 bits per heavy atom. The fourth-order valence-corrected chi connectivity index (χ4v) is 2.60. The average molecular weight is 557 g/mol. The minimum absolute atomic E-state index is 0.0810. The molecule has 0 aromatic heterocycles. The Morgan fingerprint density at radius 1 is 0.950 bits per heavy atom. The summed E-state index contributed by atoms with van der Waals surface area (Å²) in [7, 11) is 3.58. The zero-order valence-corrected chi connectivity index (χ0v) is 24.6. The van der Waals surface area contributed by atoms with Crippen molar-refractivity contribution in [2.45, 2.75) is 52.3 Å². The van der Waals surface area contributed by atoms with Crippen molar-refractivity contribution in [3.63, 3.8) is 0 Å². The smallest absolute Gasteiger partial charge is 0.293 e. The number of hydrogen-bond acceptors (Lipinski definition) is 8. The summed E-state index contributed by atoms with van der Waals surface area (Å²) in [4.78, 5) is 30.7. The van der Waals surface area contributed by atoms with Gasteiger partial charge in [0.1, 0.15) is 5.60 Å². The van der Waals surface area contributed by atoms with Crippen molar-refractivity contribution < 1.29 is 29.1 Å². The van der Waals surface area contributed by atoms with E-state index in [-0.39, 0.29) is 23.5 Å². The molecule has 0 atom stereocenters. The lowest BCUT2D eigenvalue weighted by atomic mass is 10.1. The summed E-state index contributed by atoms with van der Waals surface area (Å²) in [6.07, 6.45) is 0.181. The lowest BCUT2D eigenvalue weighted by Gasteiger charge is -2.24. The van der Waals surface area contributed by atoms with Crippen LogP contribution >= 0.6 is 0 Å². The van der Waals surface area contributed by atoms with Crippen molar-refractivity contribution in [3.8, 4) is 11.8 Å². The molecule has 0 spiro atoms. The topological polar surface area (TPSA) is 138 Å². The number of likely N-dealkylation sites (N-methyl/N-ethyl adjacent to an activating group) is 1. The van der Waals surface area contributed by atoms with Crippen LogP contribution in [0.15, 0.2) is 48.5 Å². The normalized spacial score (nSPS) is 10.3. The van der Waals surface area contributed by atoms with Crippen LogP contribution in [0.5, 0.6) is 0 Å². The fourth-order valence-electron chi connectivity index (χ4n) is 2.60. The Hall–Kier alpha value is -3.75. The molecule has 10 heteroatoms. The van der Waals surface area contributed by atoms with E-state index in [1.807, 2.05) is 65.9 Å². The Morgan fingerprint density at radius 2 is 1.48 bits per heavy atom. The van der Waals surface area contributed by atoms with Crippen LogP contribution in [0.25, 0.3) is 0 Å². The van der Waals surface area contributed by atoms with Gasteiger partial charge in [-0.15, -0.1) is 0 Å². The molecule has 0 heterocycles. The maximum atomic E-state index is 12.3. The largest absolute Gasteiger partial charge is 0.462 e. The summed E-state index contributed by atoms with van der Waals surface area (Å²) < 4.78 is 9.57. The molecule has 2 aromatic rings. The zero-order chi connectivity index (χ0) is 30.4. The maximum Gasteiger partial charge on any atom is 0.293 e. The van der Waals surface area contributed by atoms with Gasteiger partial charge in [0.15, 0.2) is 0 Å². The minimum atomic E-state index is -0.318. The number of rotatable bonds is 11. The number of ether oxygens (including phenoxy) is 2. The Bertz CT molecular complexity index is 1050. The summed E-state index contributed by atoms with van der Waals surface area (Å²) >= 11 is 0. The van der Waals surface area contributed by atoms with Gasteiger partial charge in [-0.2, -0.15) is 0 Å². The highest BCUT2D eigenvalue weighted by Gasteiger charge is 2.16. The van der Waals surface area contributed by atoms with E-state index >= 15 is 0 Å². The van der Waals surface area contributed by atoms with Crippen molar-refractivity contribution >= 4 is 18.8 Å². The first-order valence-corrected chi connectivity index (χ1v) is 12.7. The van der Waals surface area contributed by atoms with Crippen LogP contribution in [0.2, 0.25) is 0 Å². The average Bonchev–Trinajstić information content (AvgIpc) is 2.94. The lowest BCUT2D eigenvalue weighted by Crippen LogP contribution is -2.47. The molecule has 2 aromatic carbocycles. The van der Waals surface area contributed by atoms with Crippen LogP contribution < -0.4 is 21.4 Å². The van der Waals surface area contributed by atoms with Gasteiger partial charge < -0.3 is 25.4 Å². The maximum absolute atomic E-state index is 12.3. The van der Waals surface area contributed by atoms with Crippen molar-refractivity contribution in [2.24, 2.45) is 0 Å². The van der Waals surface area contributed by atoms with Crippen molar-refractivity contribution in [1.82, 2.24) is 21.4 Å². The van der Waals surface area contributed by atoms with E-state index in [1.54, 1.807) is 19.2 Å². The van der Waals surface area contributed by atoms with E-state index < -0.39 is 0 Å². The van der Waals surface area contributed by atoms with Crippen molar-refractivity contribution in [1.29, 1.82) is 0 Å². The summed E-state index contributed by atoms with van der Waals surface area (Å²) in [5.41, 5.74) is 4.47. The quantitative estimate of drug-likeness (QED) is 0.0937. The van der Waals surface area contributed by atoms with Crippen LogP contribution in [0, 0.1) is 11.8 Å². The second kappa shape index (κ2) is 20.2. The molecule has 0 unspecified atom stereocenters. The highest BCUT2D eigenvalue weighted by molar-refractivity contribution is 5.94. The summed E-state index contributed by atoms with van der Waals surface area (Å²) in [5, 5.41) is 16.7. The number of amides is 2. The molecule has 2 amide bonds. The first-order valence-electron chi connectivity index (χ1n) is 12.7. The van der Waals surface area contributed by atoms with Crippen LogP contribution in [-0.2, 0) is 25.6 Å². The van der Waals surface area contributed by atoms with E-state index in [2.05, 4.69) is 44.7 Å². The van der Waals surface area contributed by atoms with Gasteiger partial charge in [-0.1, -0.05) is 24.0 Å². The molecule has 2 rings (SSSR count). The fraction of sp³-hybridized carbons (Fsp3) is 0.433. The molecule has 0 aliphatic heterocycles. The molecule has 5 N–H and O–H groups in total. The highest BCUT2D eigenvalue weighted by atomic mass is 16.5. The van der Waals surface area contributed by atoms with Crippen LogP contribution in [-0.4, -0.2) is 69.0 Å². The SMILES string of the molecule is CC(C)(C)OC=O.CNC(C)(C)CNC(=O)c1ccc(C#Cc2ccc(CNCCOC)cc2)cc1.O=CNO. The second-order valence-electron chi connectivity index (χ2n) is 10.1. The summed E-state index contributed by atoms with van der Waals surface area (Å²) in [5.74, 6) is 6.23. The Labute approximate surface area is 238 Å². The molecular weight excluding hydrogens is 512 g/mol. The number of carbonyl (C=O) groups excluding carboxylic acids is 3. The zero-order valence-electron chi connectivity index (χ0n) is 24.6. The van der Waals surface area contributed by atoms with E-state index in [4.69, 9.17) is 14.7 Å². The number of carbonyl (C=O) groups is 3. The number of nitrogens with one attached hydrogen (secondary N) is 4. The number of hydrogen-bond donors (Lipinski definition) is 5. The molecule has 10 nitrogen and oxygen atoms in total. The van der Waals surface area contributed by atoms with Gasteiger partial charge >= 0.3 is 0 Å². The highest BCUT2D eigenvalue weighted by Crippen LogP contribution is 2.07. The molecule has 0 aliphatic rings. The molecule has 0 aliphatic carbocycles. The number of hydroxylamine groups is 1. The molecule has 0 radical (unpaired) electrons. The molecule has 220 valence electrons. The van der Waals surface area contributed by atoms with Crippen molar-refractivity contribution in [2.75, 3.05) is 33.9 Å². The van der Waals surface area contributed by atoms with Crippen LogP contribution in [0.4, 0.5) is 0 Å². The van der Waals surface area contributed by atoms with Crippen LogP contribution in [0.3, 0.4) is 0 Å². The van der Waals surface area contributed by atoms with Gasteiger partial charge in [0.25, 0.3) is 12.4 Å². The monoisotopic (exact) mass is 556 g/mol. The Balaban J connectivity index is 0.00000117. The third-order valence-electron chi connectivity index (χ3n) is 5.09. The molecule has 0 fully saturated rings. The van der Waals surface area contributed by atoms with Gasteiger partial charge in [-0.3, -0.25) is 19.6 Å². The molecule has 40 heavy (non-hydrogen) atoms. The van der Waals surface area contributed by atoms with Gasteiger partial charge in [-0.05, 0) is 83.6 Å². The molecular formula is C30H44N4O6. The minimum Gasteiger partial charge on any atom is -0.462 e. The van der Waals surface area contributed by atoms with Crippen LogP contribution in [0.1, 0.15) is 61.7 Å². The molecule has 0 saturated heterocycles. The Kier molecular flexibility index (Phi) is 18.3. The number of benzene rings is 2. The van der Waals surface area contributed by atoms with E-state index in [1.165, 1.54) is 11.0 Å². The first-order chi connectivity index (χ1) is 18.9. The number of methoxy groups -OCH3 is 1. The third-order valence-corrected chi connectivity index (χ3v) is 5.09. The summed E-state index contributed by atoms with van der Waals surface area (Å²) in [6.45, 7) is 12.9. The van der Waals surface area contributed by atoms with E-state index in [0.29, 0.717) is 25.2 Å². The van der Waals surface area contributed by atoms with E-state index in [9.17, 15) is 9.59 Å². The summed E-state index contributed by atoms with van der Waals surface area (Å²) in [6, 6.07) is 15.5. The molecule has 0 bridgehead atoms.